The van der Waals surface area contributed by atoms with Crippen LogP contribution >= 0.6 is 0 Å². The summed E-state index contributed by atoms with van der Waals surface area (Å²) < 4.78 is 17.3. The summed E-state index contributed by atoms with van der Waals surface area (Å²) in [5, 5.41) is 10.5. The van der Waals surface area contributed by atoms with E-state index in [2.05, 4.69) is 13.0 Å². The van der Waals surface area contributed by atoms with E-state index >= 15 is 0 Å². The normalized spacial score (nSPS) is 18.5. The van der Waals surface area contributed by atoms with Gasteiger partial charge in [0.25, 0.3) is 0 Å². The monoisotopic (exact) mass is 447 g/mol. The number of ether oxygens (including phenoxy) is 3. The van der Waals surface area contributed by atoms with E-state index in [1.807, 2.05) is 6.07 Å². The molecule has 5 nitrogen and oxygen atoms in total. The lowest BCUT2D eigenvalue weighted by atomic mass is 9.76. The van der Waals surface area contributed by atoms with Crippen molar-refractivity contribution in [3.8, 4) is 34.1 Å². The van der Waals surface area contributed by atoms with Crippen molar-refractivity contribution in [2.24, 2.45) is 0 Å². The van der Waals surface area contributed by atoms with Gasteiger partial charge in [0.15, 0.2) is 23.0 Å². The Morgan fingerprint density at radius 1 is 0.968 bits per heavy atom. The molecule has 1 aliphatic heterocycles. The molecule has 170 valence electrons. The summed E-state index contributed by atoms with van der Waals surface area (Å²) in [4.78, 5) is 1.66. The molecule has 0 aromatic heterocycles. The molecule has 2 aliphatic rings. The van der Waals surface area contributed by atoms with Crippen LogP contribution in [0.4, 0.5) is 0 Å². The quantitative estimate of drug-likeness (QED) is 0.585. The smallest absolute Gasteiger partial charge is 0.169 e. The van der Waals surface area contributed by atoms with E-state index < -0.39 is 0 Å². The summed E-state index contributed by atoms with van der Waals surface area (Å²) in [6, 6.07) is 6.34. The molecule has 31 heavy (non-hydrogen) atoms. The molecule has 1 aliphatic carbocycles. The van der Waals surface area contributed by atoms with Gasteiger partial charge in [-0.05, 0) is 36.1 Å². The molecule has 0 fully saturated rings. The van der Waals surface area contributed by atoms with Gasteiger partial charge in [-0.15, -0.1) is 0 Å². The van der Waals surface area contributed by atoms with Crippen LogP contribution in [0.15, 0.2) is 18.2 Å². The lowest BCUT2D eigenvalue weighted by Gasteiger charge is -2.40. The molecule has 2 atom stereocenters. The number of phenols is 1. The molecule has 2 N–H and O–H groups in total. The van der Waals surface area contributed by atoms with Crippen molar-refractivity contribution < 1.29 is 36.6 Å². The number of rotatable bonds is 8. The topological polar surface area (TPSA) is 52.4 Å². The lowest BCUT2D eigenvalue weighted by molar-refractivity contribution is -0.934. The number of phenolic OH excluding ortho intramolecular Hbond substituents is 1. The summed E-state index contributed by atoms with van der Waals surface area (Å²) in [5.74, 6) is 2.16. The number of fused-ring (bicyclic) bond motifs is 2. The molecule has 2 aromatic rings. The first kappa shape index (κ1) is 23.6. The average molecular weight is 448 g/mol. The first-order valence-electron chi connectivity index (χ1n) is 11.2. The Bertz CT molecular complexity index is 930. The maximum atomic E-state index is 10.5. The van der Waals surface area contributed by atoms with Gasteiger partial charge in [0.05, 0.1) is 34.4 Å². The van der Waals surface area contributed by atoms with Gasteiger partial charge in [0.2, 0.25) is 0 Å². The Morgan fingerprint density at radius 2 is 1.74 bits per heavy atom. The highest BCUT2D eigenvalue weighted by Gasteiger charge is 2.41. The Kier molecular flexibility index (Phi) is 7.60. The molecule has 4 rings (SSSR count). The number of unbranched alkanes of at least 4 members (excludes halogenated alkanes) is 3. The molecular weight excluding hydrogens is 414 g/mol. The number of benzene rings is 2. The van der Waals surface area contributed by atoms with E-state index in [1.54, 1.807) is 32.3 Å². The van der Waals surface area contributed by atoms with E-state index in [9.17, 15) is 5.11 Å². The van der Waals surface area contributed by atoms with Crippen molar-refractivity contribution in [1.82, 2.24) is 0 Å². The highest BCUT2D eigenvalue weighted by atomic mass is 35.5. The third-order valence-electron chi connectivity index (χ3n) is 6.81. The number of hydrogen-bond acceptors (Lipinski definition) is 4. The third kappa shape index (κ3) is 4.06. The second-order valence-electron chi connectivity index (χ2n) is 8.44. The van der Waals surface area contributed by atoms with Crippen LogP contribution in [0, 0.1) is 0 Å². The zero-order valence-electron chi connectivity index (χ0n) is 19.0. The highest BCUT2D eigenvalue weighted by molar-refractivity contribution is 5.88. The maximum absolute atomic E-state index is 10.5. The van der Waals surface area contributed by atoms with E-state index in [0.29, 0.717) is 11.8 Å². The standard InChI is InChI=1S/C25H33NO4.ClH/c1-5-6-7-8-12-26-13-11-17-15-20(28-2)25(30-4)23-21(17)18(26)14-16-9-10-19(27)24(29-3)22(16)23;/h9-10,15,18,27H,5-8,11-14H2,1-4H3;1H. The highest BCUT2D eigenvalue weighted by Crippen LogP contribution is 2.54. The van der Waals surface area contributed by atoms with Crippen LogP contribution in [-0.2, 0) is 12.8 Å². The van der Waals surface area contributed by atoms with Crippen LogP contribution in [0.2, 0.25) is 0 Å². The molecule has 6 heteroatoms. The number of halogens is 1. The van der Waals surface area contributed by atoms with Crippen LogP contribution in [0.5, 0.6) is 23.0 Å². The fourth-order valence-corrected chi connectivity index (χ4v) is 5.40. The van der Waals surface area contributed by atoms with E-state index in [-0.39, 0.29) is 18.2 Å². The molecule has 1 heterocycles. The van der Waals surface area contributed by atoms with Gasteiger partial charge in [-0.1, -0.05) is 25.8 Å². The first-order chi connectivity index (χ1) is 14.6. The molecular formula is C25H34ClNO4. The summed E-state index contributed by atoms with van der Waals surface area (Å²) in [7, 11) is 5.00. The lowest BCUT2D eigenvalue weighted by Crippen LogP contribution is -3.13. The number of hydrogen-bond donors (Lipinski definition) is 2. The molecule has 0 saturated carbocycles. The Balaban J connectivity index is 0.00000272. The van der Waals surface area contributed by atoms with Crippen molar-refractivity contribution in [3.63, 3.8) is 0 Å². The van der Waals surface area contributed by atoms with Crippen LogP contribution in [0.1, 0.15) is 55.3 Å². The maximum Gasteiger partial charge on any atom is 0.169 e. The van der Waals surface area contributed by atoms with Gasteiger partial charge in [0, 0.05) is 29.5 Å². The SMILES string of the molecule is CCCCCC[NH+]1CCc2cc(OC)c(OC)c3c2C1Cc1ccc(O)c(OC)c1-3.[Cl-]. The molecule has 0 radical (unpaired) electrons. The Hall–Kier alpha value is -2.11. The third-order valence-corrected chi connectivity index (χ3v) is 6.81. The summed E-state index contributed by atoms with van der Waals surface area (Å²) >= 11 is 0. The van der Waals surface area contributed by atoms with E-state index in [4.69, 9.17) is 14.2 Å². The van der Waals surface area contributed by atoms with Crippen molar-refractivity contribution in [3.05, 3.63) is 34.9 Å². The molecule has 0 saturated heterocycles. The van der Waals surface area contributed by atoms with E-state index in [1.165, 1.54) is 48.9 Å². The summed E-state index contributed by atoms with van der Waals surface area (Å²) in [5.41, 5.74) is 5.87. The number of nitrogens with one attached hydrogen (secondary N) is 1. The van der Waals surface area contributed by atoms with Gasteiger partial charge < -0.3 is 36.6 Å². The van der Waals surface area contributed by atoms with Crippen LogP contribution in [0.25, 0.3) is 11.1 Å². The molecule has 2 aromatic carbocycles. The fourth-order valence-electron chi connectivity index (χ4n) is 5.40. The van der Waals surface area contributed by atoms with Crippen molar-refractivity contribution in [2.75, 3.05) is 34.4 Å². The van der Waals surface area contributed by atoms with Crippen LogP contribution in [-0.4, -0.2) is 39.5 Å². The minimum absolute atomic E-state index is 0. The van der Waals surface area contributed by atoms with Gasteiger partial charge in [0.1, 0.15) is 6.04 Å². The van der Waals surface area contributed by atoms with Crippen LogP contribution < -0.4 is 31.5 Å². The average Bonchev–Trinajstić information content (AvgIpc) is 2.77. The minimum atomic E-state index is 0. The largest absolute Gasteiger partial charge is 1.00 e. The second-order valence-corrected chi connectivity index (χ2v) is 8.44. The van der Waals surface area contributed by atoms with E-state index in [0.717, 1.165) is 42.0 Å². The predicted molar refractivity (Wildman–Crippen MR) is 118 cm³/mol. The Morgan fingerprint density at radius 3 is 2.42 bits per heavy atom. The molecule has 0 spiro atoms. The van der Waals surface area contributed by atoms with Gasteiger partial charge in [-0.3, -0.25) is 0 Å². The summed E-state index contributed by atoms with van der Waals surface area (Å²) in [6.45, 7) is 4.60. The van der Waals surface area contributed by atoms with Gasteiger partial charge in [-0.25, -0.2) is 0 Å². The second kappa shape index (κ2) is 10.0. The molecule has 0 amide bonds. The number of methoxy groups -OCH3 is 3. The van der Waals surface area contributed by atoms with Crippen LogP contribution in [0.3, 0.4) is 0 Å². The van der Waals surface area contributed by atoms with Gasteiger partial charge in [-0.2, -0.15) is 0 Å². The van der Waals surface area contributed by atoms with Crippen molar-refractivity contribution in [2.45, 2.75) is 51.5 Å². The Labute approximate surface area is 191 Å². The molecule has 2 unspecified atom stereocenters. The minimum Gasteiger partial charge on any atom is -1.00 e. The number of aromatic hydroxyl groups is 1. The van der Waals surface area contributed by atoms with Crippen molar-refractivity contribution >= 4 is 0 Å². The zero-order valence-corrected chi connectivity index (χ0v) is 19.8. The fraction of sp³-hybridized carbons (Fsp3) is 0.520. The zero-order chi connectivity index (χ0) is 21.3. The molecule has 0 bridgehead atoms. The van der Waals surface area contributed by atoms with Gasteiger partial charge >= 0.3 is 0 Å². The summed E-state index contributed by atoms with van der Waals surface area (Å²) in [6.07, 6.45) is 7.12. The van der Waals surface area contributed by atoms with Crippen molar-refractivity contribution in [1.29, 1.82) is 0 Å². The number of quaternary nitrogens is 1. The predicted octanol–water partition coefficient (Wildman–Crippen LogP) is 0.708. The first-order valence-corrected chi connectivity index (χ1v) is 11.2.